The van der Waals surface area contributed by atoms with Gasteiger partial charge in [-0.15, -0.1) is 0 Å². The molecule has 0 fully saturated rings. The fraction of sp³-hybridized carbons (Fsp3) is 0.824. The lowest BCUT2D eigenvalue weighted by atomic mass is 9.94. The van der Waals surface area contributed by atoms with Crippen molar-refractivity contribution in [3.63, 3.8) is 0 Å². The predicted molar refractivity (Wildman–Crippen MR) is 262 cm³/mol. The van der Waals surface area contributed by atoms with Gasteiger partial charge in [-0.05, 0) is 116 Å². The van der Waals surface area contributed by atoms with Gasteiger partial charge in [0.15, 0.2) is 0 Å². The molecular formula is C51H108N4O. The molecule has 1 amide bonds. The second kappa shape index (κ2) is 40.0. The molecule has 0 radical (unpaired) electrons. The lowest BCUT2D eigenvalue weighted by molar-refractivity contribution is -0.134. The lowest BCUT2D eigenvalue weighted by Crippen LogP contribution is -2.41. The number of rotatable bonds is 15. The molecule has 0 saturated carbocycles. The molecule has 0 spiro atoms. The Labute approximate surface area is 356 Å². The molecule has 1 rings (SSSR count). The van der Waals surface area contributed by atoms with Crippen LogP contribution >= 0.6 is 0 Å². The number of hydrogen-bond donors (Lipinski definition) is 3. The standard InChI is InChI=1S/C15H26N2.C9H19NO.C8H16.C6H15N.2C6H14.CH4/c1-4-6-14(5-2)17-15-9-7-13(8-10-15)11-12(3)16;1-6-9(11)10(7(2)3)8(4)5;1-5-7(3)8(4)6-2;1-5(2)7-6(3)4;1-5-6(2,3)4;1-5(2)6(3)4;/h7-10,12,14,17H,4-6,11,16H2,1-3H3;7-8H,6H2,1-5H3;5-6H2,1-4H3;5-7H,1-4H3;5H2,1-4H3;5-6H,1-4H3;1H4/b;;8-7-;;;;. The topological polar surface area (TPSA) is 70.4 Å². The highest BCUT2D eigenvalue weighted by Crippen LogP contribution is 2.17. The summed E-state index contributed by atoms with van der Waals surface area (Å²) >= 11 is 0. The second-order valence-electron chi connectivity index (χ2n) is 18.4. The van der Waals surface area contributed by atoms with Crippen molar-refractivity contribution in [1.29, 1.82) is 0 Å². The molecular weight excluding hydrogens is 685 g/mol. The first-order valence-corrected chi connectivity index (χ1v) is 22.5. The Morgan fingerprint density at radius 2 is 1.05 bits per heavy atom. The van der Waals surface area contributed by atoms with Crippen molar-refractivity contribution in [3.05, 3.63) is 41.0 Å². The Morgan fingerprint density at radius 1 is 0.679 bits per heavy atom. The van der Waals surface area contributed by atoms with E-state index in [1.807, 2.05) is 46.4 Å². The average molecular weight is 793 g/mol. The van der Waals surface area contributed by atoms with E-state index in [0.29, 0.717) is 42.0 Å². The van der Waals surface area contributed by atoms with E-state index in [0.717, 1.165) is 18.3 Å². The number of benzene rings is 1. The molecule has 0 aromatic heterocycles. The third kappa shape index (κ3) is 46.5. The van der Waals surface area contributed by atoms with Crippen LogP contribution in [0.2, 0.25) is 0 Å². The van der Waals surface area contributed by atoms with Crippen molar-refractivity contribution in [2.24, 2.45) is 23.0 Å². The molecule has 338 valence electrons. The fourth-order valence-corrected chi connectivity index (χ4v) is 4.70. The number of anilines is 1. The first-order chi connectivity index (χ1) is 25.2. The summed E-state index contributed by atoms with van der Waals surface area (Å²) in [5.74, 6) is 1.95. The van der Waals surface area contributed by atoms with Crippen molar-refractivity contribution in [3.8, 4) is 0 Å². The van der Waals surface area contributed by atoms with Crippen molar-refractivity contribution in [1.82, 2.24) is 10.2 Å². The Morgan fingerprint density at radius 3 is 1.23 bits per heavy atom. The van der Waals surface area contributed by atoms with Crippen LogP contribution in [-0.4, -0.2) is 47.1 Å². The number of hydrogen-bond acceptors (Lipinski definition) is 4. The Bertz CT molecular complexity index is 966. The van der Waals surface area contributed by atoms with E-state index >= 15 is 0 Å². The van der Waals surface area contributed by atoms with Crippen LogP contribution in [0, 0.1) is 17.3 Å². The highest BCUT2D eigenvalue weighted by molar-refractivity contribution is 5.76. The van der Waals surface area contributed by atoms with E-state index in [2.05, 4.69) is 160 Å². The van der Waals surface area contributed by atoms with E-state index in [-0.39, 0.29) is 19.4 Å². The summed E-state index contributed by atoms with van der Waals surface area (Å²) in [5, 5.41) is 6.88. The maximum absolute atomic E-state index is 11.3. The van der Waals surface area contributed by atoms with Gasteiger partial charge in [-0.1, -0.05) is 161 Å². The second-order valence-corrected chi connectivity index (χ2v) is 18.4. The molecule has 0 aliphatic rings. The van der Waals surface area contributed by atoms with Crippen molar-refractivity contribution in [2.45, 2.75) is 261 Å². The zero-order valence-corrected chi connectivity index (χ0v) is 42.0. The molecule has 0 heterocycles. The third-order valence-corrected chi connectivity index (χ3v) is 9.57. The molecule has 2 unspecified atom stereocenters. The van der Waals surface area contributed by atoms with E-state index < -0.39 is 0 Å². The van der Waals surface area contributed by atoms with Gasteiger partial charge in [-0.2, -0.15) is 0 Å². The quantitative estimate of drug-likeness (QED) is 0.155. The van der Waals surface area contributed by atoms with E-state index in [1.54, 1.807) is 11.1 Å². The monoisotopic (exact) mass is 793 g/mol. The molecule has 0 aliphatic carbocycles. The van der Waals surface area contributed by atoms with E-state index in [4.69, 9.17) is 5.73 Å². The minimum absolute atomic E-state index is 0. The fourth-order valence-electron chi connectivity index (χ4n) is 4.70. The van der Waals surface area contributed by atoms with Gasteiger partial charge in [-0.3, -0.25) is 4.79 Å². The summed E-state index contributed by atoms with van der Waals surface area (Å²) in [6.45, 7) is 51.9. The SMILES string of the molecule is C.CC(C)C(C)C.CC(C)NC(C)C.CC/C(C)=C(/C)CC.CCC(=O)N(C(C)C)C(C)C.CCC(C)(C)C.CCCC(CC)Nc1ccc(CC(C)N)cc1. The maximum Gasteiger partial charge on any atom is 0.222 e. The van der Waals surface area contributed by atoms with Crippen LogP contribution in [0.4, 0.5) is 5.69 Å². The summed E-state index contributed by atoms with van der Waals surface area (Å²) in [7, 11) is 0. The Kier molecular flexibility index (Phi) is 47.1. The Hall–Kier alpha value is -1.85. The first kappa shape index (κ1) is 66.0. The minimum atomic E-state index is 0. The Balaban J connectivity index is -0.000000141. The molecule has 4 N–H and O–H groups in total. The number of amides is 1. The summed E-state index contributed by atoms with van der Waals surface area (Å²) < 4.78 is 0. The number of carbonyl (C=O) groups is 1. The predicted octanol–water partition coefficient (Wildman–Crippen LogP) is 15.5. The first-order valence-electron chi connectivity index (χ1n) is 22.5. The van der Waals surface area contributed by atoms with Gasteiger partial charge in [0.1, 0.15) is 0 Å². The zero-order valence-electron chi connectivity index (χ0n) is 42.0. The number of nitrogens with one attached hydrogen (secondary N) is 2. The normalized spacial score (nSPS) is 12.3. The molecule has 1 aromatic carbocycles. The van der Waals surface area contributed by atoms with Crippen LogP contribution < -0.4 is 16.4 Å². The third-order valence-electron chi connectivity index (χ3n) is 9.57. The van der Waals surface area contributed by atoms with E-state index in [1.165, 1.54) is 49.8 Å². The van der Waals surface area contributed by atoms with Crippen molar-refractivity contribution >= 4 is 11.6 Å². The number of carbonyl (C=O) groups excluding carboxylic acids is 1. The number of allylic oxidation sites excluding steroid dienone is 2. The van der Waals surface area contributed by atoms with Gasteiger partial charge in [0.25, 0.3) is 0 Å². The molecule has 1 aromatic rings. The van der Waals surface area contributed by atoms with Crippen LogP contribution in [-0.2, 0) is 11.2 Å². The summed E-state index contributed by atoms with van der Waals surface area (Å²) in [5.41, 5.74) is 12.0. The maximum atomic E-state index is 11.3. The molecule has 0 saturated heterocycles. The summed E-state index contributed by atoms with van der Waals surface area (Å²) in [4.78, 5) is 13.2. The smallest absolute Gasteiger partial charge is 0.222 e. The lowest BCUT2D eigenvalue weighted by Gasteiger charge is -2.30. The molecule has 0 aliphatic heterocycles. The van der Waals surface area contributed by atoms with Crippen LogP contribution in [0.15, 0.2) is 35.4 Å². The number of nitrogens with zero attached hydrogens (tertiary/aromatic N) is 1. The van der Waals surface area contributed by atoms with Gasteiger partial charge in [-0.25, -0.2) is 0 Å². The molecule has 0 bridgehead atoms. The van der Waals surface area contributed by atoms with Gasteiger partial charge < -0.3 is 21.3 Å². The molecule has 5 heteroatoms. The number of nitrogens with two attached hydrogens (primary N) is 1. The van der Waals surface area contributed by atoms with Gasteiger partial charge in [0.2, 0.25) is 5.91 Å². The van der Waals surface area contributed by atoms with E-state index in [9.17, 15) is 4.79 Å². The largest absolute Gasteiger partial charge is 0.382 e. The van der Waals surface area contributed by atoms with Gasteiger partial charge in [0.05, 0.1) is 0 Å². The zero-order chi connectivity index (χ0) is 44.5. The highest BCUT2D eigenvalue weighted by Gasteiger charge is 2.17. The van der Waals surface area contributed by atoms with Gasteiger partial charge >= 0.3 is 0 Å². The molecule has 2 atom stereocenters. The van der Waals surface area contributed by atoms with Gasteiger partial charge in [0, 0.05) is 48.4 Å². The van der Waals surface area contributed by atoms with Crippen LogP contribution in [0.3, 0.4) is 0 Å². The highest BCUT2D eigenvalue weighted by atomic mass is 16.2. The van der Waals surface area contributed by atoms with Crippen LogP contribution in [0.25, 0.3) is 0 Å². The van der Waals surface area contributed by atoms with Crippen LogP contribution in [0.5, 0.6) is 0 Å². The van der Waals surface area contributed by atoms with Crippen LogP contribution in [0.1, 0.15) is 224 Å². The molecule has 56 heavy (non-hydrogen) atoms. The summed E-state index contributed by atoms with van der Waals surface area (Å²) in [6, 6.07) is 11.4. The average Bonchev–Trinajstić information content (AvgIpc) is 3.07. The molecule has 5 nitrogen and oxygen atoms in total. The van der Waals surface area contributed by atoms with Crippen molar-refractivity contribution in [2.75, 3.05) is 5.32 Å². The van der Waals surface area contributed by atoms with Crippen molar-refractivity contribution < 1.29 is 4.79 Å². The summed E-state index contributed by atoms with van der Waals surface area (Å²) in [6.07, 6.45) is 8.89. The minimum Gasteiger partial charge on any atom is -0.382 e.